The maximum absolute atomic E-state index is 10.1. The van der Waals surface area contributed by atoms with Gasteiger partial charge >= 0.3 is 0 Å². The predicted octanol–water partition coefficient (Wildman–Crippen LogP) is 3.31. The summed E-state index contributed by atoms with van der Waals surface area (Å²) in [5, 5.41) is 10.1. The summed E-state index contributed by atoms with van der Waals surface area (Å²) < 4.78 is 6.32. The molecule has 15 heavy (non-hydrogen) atoms. The SMILES string of the molecule is Cc1cc(C(O)C2CCCCO2)sc1Cl. The lowest BCUT2D eigenvalue weighted by molar-refractivity contribution is -0.0620. The van der Waals surface area contributed by atoms with Gasteiger partial charge in [0.2, 0.25) is 0 Å². The van der Waals surface area contributed by atoms with Crippen LogP contribution in [-0.2, 0) is 4.74 Å². The lowest BCUT2D eigenvalue weighted by atomic mass is 10.0. The van der Waals surface area contributed by atoms with Crippen molar-refractivity contribution >= 4 is 22.9 Å². The number of rotatable bonds is 2. The summed E-state index contributed by atoms with van der Waals surface area (Å²) in [4.78, 5) is 0.921. The van der Waals surface area contributed by atoms with Gasteiger partial charge in [0.05, 0.1) is 10.4 Å². The number of hydrogen-bond donors (Lipinski definition) is 1. The van der Waals surface area contributed by atoms with Gasteiger partial charge in [0.15, 0.2) is 0 Å². The second-order valence-electron chi connectivity index (χ2n) is 3.96. The van der Waals surface area contributed by atoms with Crippen molar-refractivity contribution in [2.45, 2.75) is 38.4 Å². The quantitative estimate of drug-likeness (QED) is 0.868. The van der Waals surface area contributed by atoms with Crippen molar-refractivity contribution in [1.29, 1.82) is 0 Å². The molecule has 0 saturated carbocycles. The smallest absolute Gasteiger partial charge is 0.114 e. The number of aryl methyl sites for hydroxylation is 1. The fraction of sp³-hybridized carbons (Fsp3) is 0.636. The Hall–Kier alpha value is -0.0900. The maximum Gasteiger partial charge on any atom is 0.114 e. The predicted molar refractivity (Wildman–Crippen MR) is 62.6 cm³/mol. The van der Waals surface area contributed by atoms with E-state index in [0.29, 0.717) is 0 Å². The van der Waals surface area contributed by atoms with Crippen molar-refractivity contribution in [1.82, 2.24) is 0 Å². The van der Waals surface area contributed by atoms with Gasteiger partial charge in [0, 0.05) is 11.5 Å². The molecule has 1 N–H and O–H groups in total. The first-order chi connectivity index (χ1) is 7.18. The number of halogens is 1. The first kappa shape index (κ1) is 11.4. The third-order valence-electron chi connectivity index (χ3n) is 2.73. The molecule has 2 nitrogen and oxygen atoms in total. The Morgan fingerprint density at radius 3 is 2.93 bits per heavy atom. The zero-order valence-corrected chi connectivity index (χ0v) is 10.3. The molecule has 4 heteroatoms. The van der Waals surface area contributed by atoms with Gasteiger partial charge in [-0.05, 0) is 37.8 Å². The number of aliphatic hydroxyl groups is 1. The molecule has 84 valence electrons. The van der Waals surface area contributed by atoms with Crippen LogP contribution in [-0.4, -0.2) is 17.8 Å². The monoisotopic (exact) mass is 246 g/mol. The van der Waals surface area contributed by atoms with Crippen LogP contribution in [0.5, 0.6) is 0 Å². The largest absolute Gasteiger partial charge is 0.385 e. The molecule has 1 aliphatic rings. The van der Waals surface area contributed by atoms with Crippen LogP contribution < -0.4 is 0 Å². The molecule has 1 aromatic rings. The van der Waals surface area contributed by atoms with Gasteiger partial charge < -0.3 is 9.84 Å². The average molecular weight is 247 g/mol. The molecule has 1 fully saturated rings. The molecule has 0 aromatic carbocycles. The molecular formula is C11H15ClO2S. The Morgan fingerprint density at radius 2 is 2.40 bits per heavy atom. The van der Waals surface area contributed by atoms with Crippen molar-refractivity contribution in [3.8, 4) is 0 Å². The van der Waals surface area contributed by atoms with Crippen LogP contribution in [0.2, 0.25) is 4.34 Å². The standard InChI is InChI=1S/C11H15ClO2S/c1-7-6-9(15-11(7)12)10(13)8-4-2-3-5-14-8/h6,8,10,13H,2-5H2,1H3. The van der Waals surface area contributed by atoms with Crippen molar-refractivity contribution in [2.75, 3.05) is 6.61 Å². The third kappa shape index (κ3) is 2.53. The summed E-state index contributed by atoms with van der Waals surface area (Å²) >= 11 is 7.43. The molecule has 1 aliphatic heterocycles. The minimum absolute atomic E-state index is 0.0483. The second kappa shape index (κ2) is 4.83. The van der Waals surface area contributed by atoms with Crippen LogP contribution in [0, 0.1) is 6.92 Å². The Labute approximate surface area is 98.8 Å². The average Bonchev–Trinajstić information content (AvgIpc) is 2.59. The van der Waals surface area contributed by atoms with E-state index >= 15 is 0 Å². The third-order valence-corrected chi connectivity index (χ3v) is 4.36. The number of aliphatic hydroxyl groups excluding tert-OH is 1. The van der Waals surface area contributed by atoms with Crippen molar-refractivity contribution in [2.24, 2.45) is 0 Å². The molecule has 1 saturated heterocycles. The van der Waals surface area contributed by atoms with Crippen molar-refractivity contribution < 1.29 is 9.84 Å². The minimum atomic E-state index is -0.513. The molecular weight excluding hydrogens is 232 g/mol. The molecule has 1 aromatic heterocycles. The molecule has 2 heterocycles. The highest BCUT2D eigenvalue weighted by Crippen LogP contribution is 2.35. The Bertz CT molecular complexity index is 312. The van der Waals surface area contributed by atoms with Gasteiger partial charge in [-0.15, -0.1) is 11.3 Å². The zero-order chi connectivity index (χ0) is 10.8. The summed E-state index contributed by atoms with van der Waals surface area (Å²) in [6.07, 6.45) is 2.62. The molecule has 0 radical (unpaired) electrons. The van der Waals surface area contributed by atoms with Crippen LogP contribution in [0.25, 0.3) is 0 Å². The normalized spacial score (nSPS) is 24.1. The number of thiophene rings is 1. The van der Waals surface area contributed by atoms with Gasteiger partial charge in [-0.3, -0.25) is 0 Å². The van der Waals surface area contributed by atoms with Crippen molar-refractivity contribution in [3.05, 3.63) is 20.8 Å². The molecule has 2 atom stereocenters. The lowest BCUT2D eigenvalue weighted by Crippen LogP contribution is -2.25. The fourth-order valence-corrected chi connectivity index (χ4v) is 3.08. The molecule has 0 aliphatic carbocycles. The van der Waals surface area contributed by atoms with E-state index in [0.717, 1.165) is 40.6 Å². The summed E-state index contributed by atoms with van der Waals surface area (Å²) in [5.41, 5.74) is 1.03. The number of ether oxygens (including phenoxy) is 1. The summed E-state index contributed by atoms with van der Waals surface area (Å²) in [6.45, 7) is 2.72. The van der Waals surface area contributed by atoms with E-state index in [4.69, 9.17) is 16.3 Å². The van der Waals surface area contributed by atoms with Gasteiger partial charge in [0.25, 0.3) is 0 Å². The topological polar surface area (TPSA) is 29.5 Å². The first-order valence-corrected chi connectivity index (χ1v) is 6.43. The van der Waals surface area contributed by atoms with Crippen LogP contribution >= 0.6 is 22.9 Å². The summed E-state index contributed by atoms with van der Waals surface area (Å²) in [5.74, 6) is 0. The molecule has 0 spiro atoms. The van der Waals surface area contributed by atoms with Gasteiger partial charge in [0.1, 0.15) is 6.10 Å². The highest BCUT2D eigenvalue weighted by molar-refractivity contribution is 7.16. The van der Waals surface area contributed by atoms with Crippen molar-refractivity contribution in [3.63, 3.8) is 0 Å². The van der Waals surface area contributed by atoms with E-state index in [2.05, 4.69) is 0 Å². The van der Waals surface area contributed by atoms with Gasteiger partial charge in [-0.25, -0.2) is 0 Å². The zero-order valence-electron chi connectivity index (χ0n) is 8.70. The van der Waals surface area contributed by atoms with Crippen LogP contribution in [0.4, 0.5) is 0 Å². The first-order valence-electron chi connectivity index (χ1n) is 5.24. The van der Waals surface area contributed by atoms with E-state index < -0.39 is 6.10 Å². The minimum Gasteiger partial charge on any atom is -0.385 e. The van der Waals surface area contributed by atoms with Crippen LogP contribution in [0.1, 0.15) is 35.8 Å². The molecule has 0 bridgehead atoms. The van der Waals surface area contributed by atoms with Crippen LogP contribution in [0.15, 0.2) is 6.07 Å². The highest BCUT2D eigenvalue weighted by Gasteiger charge is 2.25. The lowest BCUT2D eigenvalue weighted by Gasteiger charge is -2.26. The molecule has 2 unspecified atom stereocenters. The summed E-state index contributed by atoms with van der Waals surface area (Å²) in [7, 11) is 0. The van der Waals surface area contributed by atoms with Gasteiger partial charge in [-0.2, -0.15) is 0 Å². The van der Waals surface area contributed by atoms with E-state index in [1.165, 1.54) is 11.3 Å². The van der Waals surface area contributed by atoms with E-state index in [9.17, 15) is 5.11 Å². The molecule has 0 amide bonds. The Morgan fingerprint density at radius 1 is 1.60 bits per heavy atom. The van der Waals surface area contributed by atoms with Gasteiger partial charge in [-0.1, -0.05) is 11.6 Å². The maximum atomic E-state index is 10.1. The Kier molecular flexibility index (Phi) is 3.67. The number of hydrogen-bond acceptors (Lipinski definition) is 3. The Balaban J connectivity index is 2.08. The van der Waals surface area contributed by atoms with E-state index in [-0.39, 0.29) is 6.10 Å². The highest BCUT2D eigenvalue weighted by atomic mass is 35.5. The fourth-order valence-electron chi connectivity index (χ4n) is 1.83. The van der Waals surface area contributed by atoms with E-state index in [1.807, 2.05) is 13.0 Å². The van der Waals surface area contributed by atoms with Crippen LogP contribution in [0.3, 0.4) is 0 Å². The van der Waals surface area contributed by atoms with E-state index in [1.54, 1.807) is 0 Å². The summed E-state index contributed by atoms with van der Waals surface area (Å²) in [6, 6.07) is 1.95. The second-order valence-corrected chi connectivity index (χ2v) is 5.64. The molecule has 2 rings (SSSR count).